The Labute approximate surface area is 149 Å². The van der Waals surface area contributed by atoms with Crippen molar-refractivity contribution in [1.29, 1.82) is 0 Å². The Hall–Kier alpha value is -1.67. The van der Waals surface area contributed by atoms with E-state index in [1.54, 1.807) is 0 Å². The van der Waals surface area contributed by atoms with Gasteiger partial charge in [0.2, 0.25) is 15.9 Å². The molecule has 1 saturated heterocycles. The van der Waals surface area contributed by atoms with Crippen molar-refractivity contribution in [2.45, 2.75) is 63.4 Å². The molecule has 0 aromatic carbocycles. The Kier molecular flexibility index (Phi) is 6.78. The molecular weight excluding hydrogens is 342 g/mol. The monoisotopic (exact) mass is 369 g/mol. The second-order valence-corrected chi connectivity index (χ2v) is 8.41. The van der Waals surface area contributed by atoms with Gasteiger partial charge in [-0.05, 0) is 38.3 Å². The van der Waals surface area contributed by atoms with Crippen LogP contribution in [0.25, 0.3) is 0 Å². The van der Waals surface area contributed by atoms with E-state index in [-0.39, 0.29) is 23.4 Å². The smallest absolute Gasteiger partial charge is 0.271 e. The Morgan fingerprint density at radius 3 is 2.48 bits per heavy atom. The SMILES string of the molecule is CC[C@@H](C)NC(=O)Cn1cccc(S(=O)(=O)N2CCCCCC2)c1=O. The van der Waals surface area contributed by atoms with Gasteiger partial charge in [-0.3, -0.25) is 9.59 Å². The highest BCUT2D eigenvalue weighted by atomic mass is 32.2. The molecule has 25 heavy (non-hydrogen) atoms. The Morgan fingerprint density at radius 2 is 1.88 bits per heavy atom. The summed E-state index contributed by atoms with van der Waals surface area (Å²) in [6.07, 6.45) is 5.83. The van der Waals surface area contributed by atoms with Crippen molar-refractivity contribution in [2.75, 3.05) is 13.1 Å². The van der Waals surface area contributed by atoms with Gasteiger partial charge in [0, 0.05) is 25.3 Å². The first kappa shape index (κ1) is 19.7. The highest BCUT2D eigenvalue weighted by Gasteiger charge is 2.28. The first-order chi connectivity index (χ1) is 11.9. The summed E-state index contributed by atoms with van der Waals surface area (Å²) < 4.78 is 28.2. The fourth-order valence-corrected chi connectivity index (χ4v) is 4.44. The fraction of sp³-hybridized carbons (Fsp3) is 0.647. The van der Waals surface area contributed by atoms with Gasteiger partial charge in [-0.1, -0.05) is 19.8 Å². The highest BCUT2D eigenvalue weighted by Crippen LogP contribution is 2.17. The first-order valence-electron chi connectivity index (χ1n) is 8.85. The van der Waals surface area contributed by atoms with E-state index in [0.29, 0.717) is 13.1 Å². The van der Waals surface area contributed by atoms with E-state index in [9.17, 15) is 18.0 Å². The Bertz CT molecular complexity index is 749. The number of nitrogens with one attached hydrogen (secondary N) is 1. The average molecular weight is 369 g/mol. The van der Waals surface area contributed by atoms with E-state index in [2.05, 4.69) is 5.32 Å². The van der Waals surface area contributed by atoms with Crippen molar-refractivity contribution in [1.82, 2.24) is 14.2 Å². The third-order valence-corrected chi connectivity index (χ3v) is 6.41. The lowest BCUT2D eigenvalue weighted by atomic mass is 10.2. The van der Waals surface area contributed by atoms with E-state index in [4.69, 9.17) is 0 Å². The molecule has 8 heteroatoms. The van der Waals surface area contributed by atoms with Gasteiger partial charge in [-0.2, -0.15) is 4.31 Å². The molecule has 0 saturated carbocycles. The molecule has 140 valence electrons. The molecule has 0 bridgehead atoms. The van der Waals surface area contributed by atoms with Gasteiger partial charge >= 0.3 is 0 Å². The van der Waals surface area contributed by atoms with Crippen LogP contribution < -0.4 is 10.9 Å². The number of amides is 1. The second kappa shape index (κ2) is 8.62. The van der Waals surface area contributed by atoms with E-state index in [0.717, 1.165) is 36.7 Å². The molecule has 1 aromatic heterocycles. The maximum absolute atomic E-state index is 12.8. The quantitative estimate of drug-likeness (QED) is 0.819. The summed E-state index contributed by atoms with van der Waals surface area (Å²) in [5, 5.41) is 2.78. The number of hydrogen-bond donors (Lipinski definition) is 1. The van der Waals surface area contributed by atoms with Crippen molar-refractivity contribution >= 4 is 15.9 Å². The van der Waals surface area contributed by atoms with Crippen LogP contribution in [0.4, 0.5) is 0 Å². The molecule has 1 amide bonds. The zero-order valence-electron chi connectivity index (χ0n) is 14.9. The zero-order valence-corrected chi connectivity index (χ0v) is 15.7. The number of rotatable bonds is 6. The predicted octanol–water partition coefficient (Wildman–Crippen LogP) is 1.33. The van der Waals surface area contributed by atoms with E-state index < -0.39 is 15.6 Å². The van der Waals surface area contributed by atoms with Crippen molar-refractivity contribution in [3.05, 3.63) is 28.7 Å². The van der Waals surface area contributed by atoms with Crippen LogP contribution in [0.15, 0.2) is 28.0 Å². The number of nitrogens with zero attached hydrogens (tertiary/aromatic N) is 2. The molecule has 1 aliphatic rings. The molecule has 1 atom stereocenters. The fourth-order valence-electron chi connectivity index (χ4n) is 2.83. The van der Waals surface area contributed by atoms with E-state index in [1.165, 1.54) is 22.6 Å². The number of aromatic nitrogens is 1. The van der Waals surface area contributed by atoms with Crippen molar-refractivity contribution in [3.8, 4) is 0 Å². The Balaban J connectivity index is 2.25. The summed E-state index contributed by atoms with van der Waals surface area (Å²) in [6, 6.07) is 2.83. The molecule has 0 unspecified atom stereocenters. The van der Waals surface area contributed by atoms with Crippen molar-refractivity contribution in [3.63, 3.8) is 0 Å². The minimum absolute atomic E-state index is 0.00668. The van der Waals surface area contributed by atoms with Crippen molar-refractivity contribution < 1.29 is 13.2 Å². The molecule has 1 aliphatic heterocycles. The number of pyridine rings is 1. The first-order valence-corrected chi connectivity index (χ1v) is 10.3. The highest BCUT2D eigenvalue weighted by molar-refractivity contribution is 7.89. The van der Waals surface area contributed by atoms with Gasteiger partial charge in [-0.15, -0.1) is 0 Å². The summed E-state index contributed by atoms with van der Waals surface area (Å²) in [4.78, 5) is 24.4. The third kappa shape index (κ3) is 4.92. The number of hydrogen-bond acceptors (Lipinski definition) is 4. The molecule has 0 radical (unpaired) electrons. The molecular formula is C17H27N3O4S. The standard InChI is InChI=1S/C17H27N3O4S/c1-3-14(2)18-16(21)13-19-10-8-9-15(17(19)22)25(23,24)20-11-6-4-5-7-12-20/h8-10,14H,3-7,11-13H2,1-2H3,(H,18,21)/t14-/m1/s1. The summed E-state index contributed by atoms with van der Waals surface area (Å²) in [5.41, 5.74) is -0.647. The van der Waals surface area contributed by atoms with Crippen LogP contribution in [-0.2, 0) is 21.4 Å². The van der Waals surface area contributed by atoms with Crippen LogP contribution >= 0.6 is 0 Å². The lowest BCUT2D eigenvalue weighted by molar-refractivity contribution is -0.122. The van der Waals surface area contributed by atoms with Crippen LogP contribution in [0.1, 0.15) is 46.0 Å². The third-order valence-electron chi connectivity index (χ3n) is 4.50. The number of sulfonamides is 1. The van der Waals surface area contributed by atoms with Crippen LogP contribution in [-0.4, -0.2) is 42.3 Å². The molecule has 1 aromatic rings. The van der Waals surface area contributed by atoms with E-state index in [1.807, 2.05) is 13.8 Å². The molecule has 0 aliphatic carbocycles. The average Bonchev–Trinajstić information content (AvgIpc) is 2.86. The molecule has 0 spiro atoms. The predicted molar refractivity (Wildman–Crippen MR) is 95.8 cm³/mol. The van der Waals surface area contributed by atoms with Crippen LogP contribution in [0.2, 0.25) is 0 Å². The van der Waals surface area contributed by atoms with E-state index >= 15 is 0 Å². The normalized spacial score (nSPS) is 17.7. The molecule has 1 fully saturated rings. The minimum atomic E-state index is -3.83. The number of carbonyl (C=O) groups is 1. The van der Waals surface area contributed by atoms with Gasteiger partial charge in [0.05, 0.1) is 0 Å². The molecule has 7 nitrogen and oxygen atoms in total. The maximum atomic E-state index is 12.8. The largest absolute Gasteiger partial charge is 0.352 e. The lowest BCUT2D eigenvalue weighted by Gasteiger charge is -2.20. The van der Waals surface area contributed by atoms with Crippen molar-refractivity contribution in [2.24, 2.45) is 0 Å². The molecule has 1 N–H and O–H groups in total. The van der Waals surface area contributed by atoms with Crippen LogP contribution in [0.3, 0.4) is 0 Å². The summed E-state index contributed by atoms with van der Waals surface area (Å²) >= 11 is 0. The zero-order chi connectivity index (χ0) is 18.4. The second-order valence-electron chi connectivity index (χ2n) is 6.50. The molecule has 2 rings (SSSR count). The molecule has 2 heterocycles. The van der Waals surface area contributed by atoms with Gasteiger partial charge in [0.25, 0.3) is 5.56 Å². The maximum Gasteiger partial charge on any atom is 0.271 e. The van der Waals surface area contributed by atoms with Gasteiger partial charge < -0.3 is 9.88 Å². The van der Waals surface area contributed by atoms with Crippen LogP contribution in [0.5, 0.6) is 0 Å². The minimum Gasteiger partial charge on any atom is -0.352 e. The summed E-state index contributed by atoms with van der Waals surface area (Å²) in [7, 11) is -3.83. The Morgan fingerprint density at radius 1 is 1.24 bits per heavy atom. The van der Waals surface area contributed by atoms with Crippen LogP contribution in [0, 0.1) is 0 Å². The van der Waals surface area contributed by atoms with Gasteiger partial charge in [-0.25, -0.2) is 8.42 Å². The summed E-state index contributed by atoms with van der Waals surface area (Å²) in [5.74, 6) is -0.305. The number of carbonyl (C=O) groups excluding carboxylic acids is 1. The van der Waals surface area contributed by atoms with Gasteiger partial charge in [0.15, 0.2) is 0 Å². The lowest BCUT2D eigenvalue weighted by Crippen LogP contribution is -2.40. The topological polar surface area (TPSA) is 88.5 Å². The van der Waals surface area contributed by atoms with Gasteiger partial charge in [0.1, 0.15) is 11.4 Å². The summed E-state index contributed by atoms with van der Waals surface area (Å²) in [6.45, 7) is 4.51.